The molecule has 2 heteroatoms. The summed E-state index contributed by atoms with van der Waals surface area (Å²) in [5.41, 5.74) is 1.28. The summed E-state index contributed by atoms with van der Waals surface area (Å²) in [7, 11) is 0. The first kappa shape index (κ1) is 5.06. The Hall–Kier alpha value is -0.760. The topological polar surface area (TPSA) is 9.23 Å². The van der Waals surface area contributed by atoms with Gasteiger partial charge in [-0.15, -0.1) is 11.3 Å². The number of fused-ring (bicyclic) bond motifs is 1. The first-order valence-corrected chi connectivity index (χ1v) is 3.71. The Bertz CT molecular complexity index is 227. The van der Waals surface area contributed by atoms with Gasteiger partial charge in [0.05, 0.1) is 0 Å². The molecule has 0 aliphatic carbocycles. The number of ether oxygens (including phenoxy) is 1. The molecule has 0 N–H and O–H groups in total. The third-order valence-electron chi connectivity index (χ3n) is 1.34. The van der Waals surface area contributed by atoms with Gasteiger partial charge in [0.15, 0.2) is 0 Å². The van der Waals surface area contributed by atoms with Crippen LogP contribution in [0.1, 0.15) is 5.56 Å². The first-order valence-electron chi connectivity index (χ1n) is 2.77. The standard InChI is InChI=1S/C7H6OS/c1-5-2-6-3-9-4-7(6)8-5/h3-4H,1-2H2. The zero-order chi connectivity index (χ0) is 6.27. The normalized spacial score (nSPS) is 15.3. The summed E-state index contributed by atoms with van der Waals surface area (Å²) >= 11 is 1.68. The molecule has 1 aromatic rings. The smallest absolute Gasteiger partial charge is 0.141 e. The van der Waals surface area contributed by atoms with Gasteiger partial charge in [-0.1, -0.05) is 6.58 Å². The van der Waals surface area contributed by atoms with Gasteiger partial charge in [-0.05, 0) is 5.38 Å². The molecule has 0 radical (unpaired) electrons. The quantitative estimate of drug-likeness (QED) is 0.534. The van der Waals surface area contributed by atoms with E-state index >= 15 is 0 Å². The molecule has 2 heterocycles. The van der Waals surface area contributed by atoms with Crippen molar-refractivity contribution in [2.45, 2.75) is 6.42 Å². The summed E-state index contributed by atoms with van der Waals surface area (Å²) in [5.74, 6) is 1.87. The average molecular weight is 138 g/mol. The van der Waals surface area contributed by atoms with Crippen molar-refractivity contribution < 1.29 is 4.74 Å². The molecular formula is C7H6OS. The van der Waals surface area contributed by atoms with E-state index in [-0.39, 0.29) is 0 Å². The van der Waals surface area contributed by atoms with Crippen LogP contribution in [0.4, 0.5) is 0 Å². The van der Waals surface area contributed by atoms with E-state index < -0.39 is 0 Å². The molecule has 1 aromatic heterocycles. The van der Waals surface area contributed by atoms with Crippen LogP contribution in [0.25, 0.3) is 0 Å². The Kier molecular flexibility index (Phi) is 0.904. The van der Waals surface area contributed by atoms with Crippen LogP contribution in [-0.4, -0.2) is 0 Å². The minimum atomic E-state index is 0.868. The Morgan fingerprint density at radius 1 is 1.56 bits per heavy atom. The van der Waals surface area contributed by atoms with Crippen molar-refractivity contribution >= 4 is 11.3 Å². The number of thiophene rings is 1. The molecule has 1 nitrogen and oxygen atoms in total. The van der Waals surface area contributed by atoms with Crippen LogP contribution in [0.15, 0.2) is 23.1 Å². The molecule has 0 unspecified atom stereocenters. The van der Waals surface area contributed by atoms with Gasteiger partial charge in [-0.3, -0.25) is 0 Å². The predicted octanol–water partition coefficient (Wildman–Crippen LogP) is 2.20. The minimum absolute atomic E-state index is 0.868. The van der Waals surface area contributed by atoms with Gasteiger partial charge >= 0.3 is 0 Å². The largest absolute Gasteiger partial charge is 0.461 e. The summed E-state index contributed by atoms with van der Waals surface area (Å²) < 4.78 is 5.26. The molecule has 0 amide bonds. The van der Waals surface area contributed by atoms with Gasteiger partial charge in [0.2, 0.25) is 0 Å². The second-order valence-corrected chi connectivity index (χ2v) is 2.82. The van der Waals surface area contributed by atoms with Gasteiger partial charge in [0, 0.05) is 17.4 Å². The van der Waals surface area contributed by atoms with Crippen LogP contribution in [0.2, 0.25) is 0 Å². The van der Waals surface area contributed by atoms with Crippen molar-refractivity contribution in [3.63, 3.8) is 0 Å². The molecule has 0 atom stereocenters. The first-order chi connectivity index (χ1) is 4.36. The average Bonchev–Trinajstić information content (AvgIpc) is 2.22. The fourth-order valence-electron chi connectivity index (χ4n) is 0.934. The lowest BCUT2D eigenvalue weighted by Gasteiger charge is -1.91. The van der Waals surface area contributed by atoms with E-state index in [2.05, 4.69) is 12.0 Å². The fraction of sp³-hybridized carbons (Fsp3) is 0.143. The number of allylic oxidation sites excluding steroid dienone is 1. The maximum Gasteiger partial charge on any atom is 0.141 e. The highest BCUT2D eigenvalue weighted by atomic mass is 32.1. The van der Waals surface area contributed by atoms with Crippen LogP contribution in [0.3, 0.4) is 0 Å². The Morgan fingerprint density at radius 2 is 2.44 bits per heavy atom. The lowest BCUT2D eigenvalue weighted by atomic mass is 10.2. The molecule has 1 aliphatic heterocycles. The number of hydrogen-bond donors (Lipinski definition) is 0. The van der Waals surface area contributed by atoms with Gasteiger partial charge in [-0.25, -0.2) is 0 Å². The maximum atomic E-state index is 5.26. The summed E-state index contributed by atoms with van der Waals surface area (Å²) in [4.78, 5) is 0. The number of hydrogen-bond acceptors (Lipinski definition) is 2. The van der Waals surface area contributed by atoms with E-state index in [9.17, 15) is 0 Å². The van der Waals surface area contributed by atoms with E-state index in [4.69, 9.17) is 4.74 Å². The van der Waals surface area contributed by atoms with Crippen LogP contribution in [-0.2, 0) is 6.42 Å². The van der Waals surface area contributed by atoms with Crippen molar-refractivity contribution in [1.29, 1.82) is 0 Å². The lowest BCUT2D eigenvalue weighted by molar-refractivity contribution is 0.450. The van der Waals surface area contributed by atoms with E-state index in [0.29, 0.717) is 0 Å². The summed E-state index contributed by atoms with van der Waals surface area (Å²) in [6, 6.07) is 0. The van der Waals surface area contributed by atoms with E-state index in [0.717, 1.165) is 17.9 Å². The highest BCUT2D eigenvalue weighted by Crippen LogP contribution is 2.32. The molecule has 0 saturated carbocycles. The lowest BCUT2D eigenvalue weighted by Crippen LogP contribution is -1.82. The SMILES string of the molecule is C=C1Cc2cscc2O1. The molecule has 0 spiro atoms. The summed E-state index contributed by atoms with van der Waals surface area (Å²) in [6.45, 7) is 3.72. The predicted molar refractivity (Wildman–Crippen MR) is 37.8 cm³/mol. The van der Waals surface area contributed by atoms with Gasteiger partial charge in [0.1, 0.15) is 11.5 Å². The van der Waals surface area contributed by atoms with E-state index in [1.54, 1.807) is 11.3 Å². The Labute approximate surface area is 57.6 Å². The molecular weight excluding hydrogens is 132 g/mol. The van der Waals surface area contributed by atoms with Crippen LogP contribution in [0, 0.1) is 0 Å². The fourth-order valence-corrected chi connectivity index (χ4v) is 1.69. The molecule has 0 saturated heterocycles. The van der Waals surface area contributed by atoms with Gasteiger partial charge < -0.3 is 4.74 Å². The second-order valence-electron chi connectivity index (χ2n) is 2.08. The third kappa shape index (κ3) is 0.669. The monoisotopic (exact) mass is 138 g/mol. The van der Waals surface area contributed by atoms with Crippen molar-refractivity contribution in [3.8, 4) is 5.75 Å². The molecule has 1 aliphatic rings. The maximum absolute atomic E-state index is 5.26. The van der Waals surface area contributed by atoms with Crippen molar-refractivity contribution in [2.24, 2.45) is 0 Å². The second kappa shape index (κ2) is 1.61. The van der Waals surface area contributed by atoms with Crippen molar-refractivity contribution in [1.82, 2.24) is 0 Å². The molecule has 0 fully saturated rings. The molecule has 46 valence electrons. The Morgan fingerprint density at radius 3 is 3.22 bits per heavy atom. The van der Waals surface area contributed by atoms with Crippen LogP contribution < -0.4 is 4.74 Å². The third-order valence-corrected chi connectivity index (χ3v) is 2.11. The van der Waals surface area contributed by atoms with Gasteiger partial charge in [-0.2, -0.15) is 0 Å². The highest BCUT2D eigenvalue weighted by molar-refractivity contribution is 7.08. The molecule has 0 bridgehead atoms. The molecule has 0 aromatic carbocycles. The Balaban J connectivity index is 2.49. The highest BCUT2D eigenvalue weighted by Gasteiger charge is 2.15. The van der Waals surface area contributed by atoms with E-state index in [1.165, 1.54) is 5.56 Å². The number of rotatable bonds is 0. The minimum Gasteiger partial charge on any atom is -0.461 e. The molecule has 9 heavy (non-hydrogen) atoms. The summed E-state index contributed by atoms with van der Waals surface area (Å²) in [6.07, 6.45) is 0.902. The van der Waals surface area contributed by atoms with Crippen molar-refractivity contribution in [3.05, 3.63) is 28.7 Å². The van der Waals surface area contributed by atoms with Crippen LogP contribution >= 0.6 is 11.3 Å². The van der Waals surface area contributed by atoms with E-state index in [1.807, 2.05) is 5.38 Å². The zero-order valence-corrected chi connectivity index (χ0v) is 5.70. The summed E-state index contributed by atoms with van der Waals surface area (Å²) in [5, 5.41) is 4.11. The van der Waals surface area contributed by atoms with Gasteiger partial charge in [0.25, 0.3) is 0 Å². The zero-order valence-electron chi connectivity index (χ0n) is 4.89. The molecule has 2 rings (SSSR count). The van der Waals surface area contributed by atoms with Crippen molar-refractivity contribution in [2.75, 3.05) is 0 Å². The van der Waals surface area contributed by atoms with Crippen LogP contribution in [0.5, 0.6) is 5.75 Å².